The monoisotopic (exact) mass is 331 g/mol. The molecule has 118 valence electrons. The number of halogens is 1. The first-order valence-corrected chi connectivity index (χ1v) is 7.33. The largest absolute Gasteiger partial charge is 0.491 e. The number of nitrogens with zero attached hydrogens (tertiary/aromatic N) is 5. The highest BCUT2D eigenvalue weighted by molar-refractivity contribution is 6.30. The van der Waals surface area contributed by atoms with Crippen LogP contribution in [0.4, 0.5) is 0 Å². The number of aliphatic hydroxyl groups is 1. The Morgan fingerprint density at radius 1 is 1.22 bits per heavy atom. The van der Waals surface area contributed by atoms with Gasteiger partial charge in [-0.05, 0) is 41.6 Å². The molecule has 2 aromatic heterocycles. The summed E-state index contributed by atoms with van der Waals surface area (Å²) in [6.07, 6.45) is 2.56. The van der Waals surface area contributed by atoms with E-state index in [0.717, 1.165) is 5.56 Å². The quantitative estimate of drug-likeness (QED) is 0.741. The second-order valence-electron chi connectivity index (χ2n) is 4.83. The third kappa shape index (κ3) is 4.24. The second kappa shape index (κ2) is 7.17. The summed E-state index contributed by atoms with van der Waals surface area (Å²) >= 11 is 5.80. The first-order valence-electron chi connectivity index (χ1n) is 6.95. The summed E-state index contributed by atoms with van der Waals surface area (Å²) in [4.78, 5) is 5.34. The first kappa shape index (κ1) is 15.4. The van der Waals surface area contributed by atoms with Crippen molar-refractivity contribution >= 4 is 11.6 Å². The summed E-state index contributed by atoms with van der Waals surface area (Å²) in [5.74, 6) is 1.10. The van der Waals surface area contributed by atoms with Gasteiger partial charge in [0.1, 0.15) is 18.5 Å². The third-order valence-electron chi connectivity index (χ3n) is 3.00. The number of ether oxygens (including phenoxy) is 1. The van der Waals surface area contributed by atoms with Crippen LogP contribution >= 0.6 is 11.6 Å². The third-order valence-corrected chi connectivity index (χ3v) is 3.25. The van der Waals surface area contributed by atoms with E-state index in [1.807, 2.05) is 6.07 Å². The minimum absolute atomic E-state index is 0.116. The van der Waals surface area contributed by atoms with Gasteiger partial charge in [0.25, 0.3) is 0 Å². The highest BCUT2D eigenvalue weighted by Gasteiger charge is 2.11. The molecule has 7 nitrogen and oxygen atoms in total. The minimum Gasteiger partial charge on any atom is -0.491 e. The first-order chi connectivity index (χ1) is 11.2. The standard InChI is InChI=1S/C15H14ClN5O2/c16-12-3-5-14(6-4-12)23-10-13(22)9-21-19-15(18-20-21)11-2-1-7-17-8-11/h1-8,13,22H,9-10H2. The van der Waals surface area contributed by atoms with Gasteiger partial charge in [-0.25, -0.2) is 0 Å². The van der Waals surface area contributed by atoms with Gasteiger partial charge in [-0.15, -0.1) is 10.2 Å². The Morgan fingerprint density at radius 2 is 2.04 bits per heavy atom. The zero-order valence-corrected chi connectivity index (χ0v) is 12.8. The average molecular weight is 332 g/mol. The molecule has 0 spiro atoms. The molecule has 0 saturated carbocycles. The molecule has 23 heavy (non-hydrogen) atoms. The Bertz CT molecular complexity index is 748. The molecule has 0 radical (unpaired) electrons. The number of hydrogen-bond donors (Lipinski definition) is 1. The molecule has 0 aliphatic heterocycles. The van der Waals surface area contributed by atoms with Crippen LogP contribution in [-0.4, -0.2) is 43.0 Å². The molecular weight excluding hydrogens is 318 g/mol. The van der Waals surface area contributed by atoms with Crippen LogP contribution in [-0.2, 0) is 6.54 Å². The predicted octanol–water partition coefficient (Wildman–Crippen LogP) is 1.83. The van der Waals surface area contributed by atoms with E-state index >= 15 is 0 Å². The van der Waals surface area contributed by atoms with Gasteiger partial charge in [0.15, 0.2) is 0 Å². The molecule has 2 heterocycles. The van der Waals surface area contributed by atoms with E-state index < -0.39 is 6.10 Å². The van der Waals surface area contributed by atoms with Crippen molar-refractivity contribution < 1.29 is 9.84 Å². The zero-order valence-electron chi connectivity index (χ0n) is 12.1. The van der Waals surface area contributed by atoms with Crippen molar-refractivity contribution in [3.8, 4) is 17.1 Å². The van der Waals surface area contributed by atoms with Gasteiger partial charge in [0.2, 0.25) is 5.82 Å². The Morgan fingerprint density at radius 3 is 2.78 bits per heavy atom. The van der Waals surface area contributed by atoms with Crippen molar-refractivity contribution in [3.63, 3.8) is 0 Å². The maximum Gasteiger partial charge on any atom is 0.206 e. The number of aromatic nitrogens is 5. The Labute approximate surface area is 137 Å². The van der Waals surface area contributed by atoms with E-state index in [1.165, 1.54) is 4.80 Å². The molecule has 8 heteroatoms. The van der Waals surface area contributed by atoms with Crippen LogP contribution in [0.25, 0.3) is 11.4 Å². The molecule has 3 rings (SSSR count). The van der Waals surface area contributed by atoms with E-state index in [9.17, 15) is 5.11 Å². The summed E-state index contributed by atoms with van der Waals surface area (Å²) < 4.78 is 5.48. The fraction of sp³-hybridized carbons (Fsp3) is 0.200. The van der Waals surface area contributed by atoms with Crippen LogP contribution in [0.15, 0.2) is 48.8 Å². The molecule has 0 bridgehead atoms. The van der Waals surface area contributed by atoms with Gasteiger partial charge < -0.3 is 9.84 Å². The molecular formula is C15H14ClN5O2. The summed E-state index contributed by atoms with van der Waals surface area (Å²) in [7, 11) is 0. The van der Waals surface area contributed by atoms with Crippen molar-refractivity contribution in [1.82, 2.24) is 25.2 Å². The number of benzene rings is 1. The van der Waals surface area contributed by atoms with Crippen molar-refractivity contribution in [2.24, 2.45) is 0 Å². The van der Waals surface area contributed by atoms with Crippen LogP contribution in [0.5, 0.6) is 5.75 Å². The fourth-order valence-electron chi connectivity index (χ4n) is 1.90. The van der Waals surface area contributed by atoms with E-state index in [4.69, 9.17) is 16.3 Å². The molecule has 0 saturated heterocycles. The van der Waals surface area contributed by atoms with Gasteiger partial charge >= 0.3 is 0 Å². The fourth-order valence-corrected chi connectivity index (χ4v) is 2.02. The lowest BCUT2D eigenvalue weighted by Crippen LogP contribution is -2.24. The summed E-state index contributed by atoms with van der Waals surface area (Å²) in [6.45, 7) is 0.298. The molecule has 1 atom stereocenters. The maximum absolute atomic E-state index is 10.0. The molecule has 0 aliphatic rings. The average Bonchev–Trinajstić information content (AvgIpc) is 3.04. The van der Waals surface area contributed by atoms with Crippen molar-refractivity contribution in [2.75, 3.05) is 6.61 Å². The summed E-state index contributed by atoms with van der Waals surface area (Å²) in [6, 6.07) is 10.6. The van der Waals surface area contributed by atoms with Crippen LogP contribution in [0.3, 0.4) is 0 Å². The smallest absolute Gasteiger partial charge is 0.206 e. The lowest BCUT2D eigenvalue weighted by atomic mass is 10.3. The van der Waals surface area contributed by atoms with Crippen LogP contribution in [0.1, 0.15) is 0 Å². The van der Waals surface area contributed by atoms with Gasteiger partial charge in [-0.2, -0.15) is 4.80 Å². The Kier molecular flexibility index (Phi) is 4.80. The van der Waals surface area contributed by atoms with Crippen LogP contribution < -0.4 is 4.74 Å². The van der Waals surface area contributed by atoms with Crippen molar-refractivity contribution in [3.05, 3.63) is 53.8 Å². The topological polar surface area (TPSA) is 86.0 Å². The van der Waals surface area contributed by atoms with Crippen molar-refractivity contribution in [1.29, 1.82) is 0 Å². The molecule has 1 aromatic carbocycles. The SMILES string of the molecule is OC(COc1ccc(Cl)cc1)Cn1nnc(-c2cccnc2)n1. The zero-order chi connectivity index (χ0) is 16.1. The number of pyridine rings is 1. The second-order valence-corrected chi connectivity index (χ2v) is 5.26. The van der Waals surface area contributed by atoms with Crippen molar-refractivity contribution in [2.45, 2.75) is 12.6 Å². The van der Waals surface area contributed by atoms with E-state index in [2.05, 4.69) is 20.4 Å². The highest BCUT2D eigenvalue weighted by Crippen LogP contribution is 2.15. The number of rotatable bonds is 6. The number of tetrazole rings is 1. The molecule has 3 aromatic rings. The normalized spacial score (nSPS) is 12.1. The number of aliphatic hydroxyl groups excluding tert-OH is 1. The Hall–Kier alpha value is -2.51. The lowest BCUT2D eigenvalue weighted by molar-refractivity contribution is 0.0850. The molecule has 1 N–H and O–H groups in total. The summed E-state index contributed by atoms with van der Waals surface area (Å²) in [5.41, 5.74) is 0.769. The Balaban J connectivity index is 1.55. The molecule has 0 amide bonds. The van der Waals surface area contributed by atoms with E-state index in [1.54, 1.807) is 42.7 Å². The maximum atomic E-state index is 10.0. The highest BCUT2D eigenvalue weighted by atomic mass is 35.5. The minimum atomic E-state index is -0.762. The summed E-state index contributed by atoms with van der Waals surface area (Å²) in [5, 5.41) is 22.7. The predicted molar refractivity (Wildman–Crippen MR) is 84.0 cm³/mol. The van der Waals surface area contributed by atoms with Crippen LogP contribution in [0.2, 0.25) is 5.02 Å². The number of hydrogen-bond acceptors (Lipinski definition) is 6. The van der Waals surface area contributed by atoms with E-state index in [-0.39, 0.29) is 13.2 Å². The van der Waals surface area contributed by atoms with Gasteiger partial charge in [-0.1, -0.05) is 11.6 Å². The van der Waals surface area contributed by atoms with Crippen LogP contribution in [0, 0.1) is 0 Å². The molecule has 0 aliphatic carbocycles. The lowest BCUT2D eigenvalue weighted by Gasteiger charge is -2.11. The van der Waals surface area contributed by atoms with Gasteiger partial charge in [-0.3, -0.25) is 4.98 Å². The van der Waals surface area contributed by atoms with Gasteiger partial charge in [0.05, 0.1) is 6.54 Å². The van der Waals surface area contributed by atoms with E-state index in [0.29, 0.717) is 16.6 Å². The molecule has 1 unspecified atom stereocenters. The van der Waals surface area contributed by atoms with Gasteiger partial charge in [0, 0.05) is 23.0 Å². The molecule has 0 fully saturated rings.